The largest absolute Gasteiger partial charge is 0.472 e. The molecule has 7 N–H and O–H groups in total. The highest BCUT2D eigenvalue weighted by molar-refractivity contribution is 7.47. The van der Waals surface area contributed by atoms with Gasteiger partial charge in [-0.1, -0.05) is 6.92 Å². The smallest absolute Gasteiger partial charge is 0.394 e. The van der Waals surface area contributed by atoms with E-state index in [0.29, 0.717) is 30.5 Å². The van der Waals surface area contributed by atoms with E-state index >= 15 is 0 Å². The average molecular weight is 561 g/mol. The summed E-state index contributed by atoms with van der Waals surface area (Å²) in [5.74, 6) is -0.698. The quantitative estimate of drug-likeness (QED) is 0.0524. The van der Waals surface area contributed by atoms with Crippen molar-refractivity contribution >= 4 is 19.6 Å². The zero-order valence-corrected chi connectivity index (χ0v) is 22.5. The molecule has 1 unspecified atom stereocenters. The van der Waals surface area contributed by atoms with E-state index in [4.69, 9.17) is 23.6 Å². The van der Waals surface area contributed by atoms with Crippen LogP contribution in [0.2, 0.25) is 0 Å². The van der Waals surface area contributed by atoms with Crippen LogP contribution in [-0.2, 0) is 32.7 Å². The number of hydrogen-bond acceptors (Lipinski definition) is 11. The number of phosphoric ester groups is 1. The van der Waals surface area contributed by atoms with Crippen molar-refractivity contribution in [3.05, 3.63) is 0 Å². The normalized spacial score (nSPS) is 25.9. The molecule has 218 valence electrons. The van der Waals surface area contributed by atoms with E-state index in [1.165, 1.54) is 0 Å². The second-order valence-electron chi connectivity index (χ2n) is 9.29. The third-order valence-electron chi connectivity index (χ3n) is 5.58. The number of carbonyl (C=O) groups is 2. The van der Waals surface area contributed by atoms with Crippen LogP contribution in [-0.4, -0.2) is 139 Å². The highest BCUT2D eigenvalue weighted by Crippen LogP contribution is 2.43. The molecule has 0 aromatic carbocycles. The Bertz CT molecular complexity index is 742. The molecule has 0 spiro atoms. The lowest BCUT2D eigenvalue weighted by molar-refractivity contribution is -0.889. The fourth-order valence-electron chi connectivity index (χ4n) is 3.23. The summed E-state index contributed by atoms with van der Waals surface area (Å²) < 4.78 is 32.3. The minimum Gasteiger partial charge on any atom is -0.394 e. The lowest BCUT2D eigenvalue weighted by atomic mass is 9.99. The second kappa shape index (κ2) is 16.7. The number of ether oxygens (including phenoxy) is 2. The van der Waals surface area contributed by atoms with Crippen molar-refractivity contribution in [3.8, 4) is 0 Å². The van der Waals surface area contributed by atoms with Gasteiger partial charge in [-0.05, 0) is 6.42 Å². The molecule has 16 heteroatoms. The predicted molar refractivity (Wildman–Crippen MR) is 129 cm³/mol. The Morgan fingerprint density at radius 1 is 0.919 bits per heavy atom. The summed E-state index contributed by atoms with van der Waals surface area (Å²) in [4.78, 5) is 33.5. The Balaban J connectivity index is 2.18. The third-order valence-corrected chi connectivity index (χ3v) is 6.60. The third kappa shape index (κ3) is 13.4. The summed E-state index contributed by atoms with van der Waals surface area (Å²) in [6.45, 7) is 2.64. The van der Waals surface area contributed by atoms with Gasteiger partial charge in [-0.15, -0.1) is 0 Å². The van der Waals surface area contributed by atoms with Crippen molar-refractivity contribution in [1.82, 2.24) is 10.6 Å². The summed E-state index contributed by atoms with van der Waals surface area (Å²) in [5, 5.41) is 43.8. The van der Waals surface area contributed by atoms with Gasteiger partial charge in [0, 0.05) is 19.4 Å². The monoisotopic (exact) mass is 560 g/mol. The van der Waals surface area contributed by atoms with Crippen molar-refractivity contribution in [1.29, 1.82) is 0 Å². The fourth-order valence-corrected chi connectivity index (χ4v) is 4.03. The van der Waals surface area contributed by atoms with Gasteiger partial charge in [-0.2, -0.15) is 0 Å². The van der Waals surface area contributed by atoms with Gasteiger partial charge in [0.1, 0.15) is 37.6 Å². The first kappa shape index (κ1) is 33.8. The van der Waals surface area contributed by atoms with Crippen LogP contribution >= 0.6 is 7.82 Å². The van der Waals surface area contributed by atoms with Crippen LogP contribution in [0.5, 0.6) is 0 Å². The lowest BCUT2D eigenvalue weighted by Crippen LogP contribution is -2.59. The minimum absolute atomic E-state index is 0.0126. The number of nitrogens with one attached hydrogen (secondary N) is 2. The maximum absolute atomic E-state index is 12.0. The highest BCUT2D eigenvalue weighted by atomic mass is 31.2. The molecule has 0 aromatic heterocycles. The Morgan fingerprint density at radius 3 is 2.11 bits per heavy atom. The molecule has 37 heavy (non-hydrogen) atoms. The van der Waals surface area contributed by atoms with Crippen LogP contribution in [0.25, 0.3) is 0 Å². The van der Waals surface area contributed by atoms with Gasteiger partial charge in [0.05, 0.1) is 47.0 Å². The highest BCUT2D eigenvalue weighted by Gasteiger charge is 2.43. The number of carbonyl (C=O) groups excluding carboxylic acids is 2. The predicted octanol–water partition coefficient (Wildman–Crippen LogP) is -2.56. The van der Waals surface area contributed by atoms with Crippen LogP contribution < -0.4 is 10.6 Å². The van der Waals surface area contributed by atoms with Gasteiger partial charge in [0.2, 0.25) is 11.8 Å². The lowest BCUT2D eigenvalue weighted by Gasteiger charge is -2.39. The molecule has 0 saturated carbocycles. The van der Waals surface area contributed by atoms with Crippen molar-refractivity contribution < 1.29 is 62.5 Å². The molecule has 0 aliphatic carbocycles. The van der Waals surface area contributed by atoms with E-state index in [0.717, 1.165) is 0 Å². The van der Waals surface area contributed by atoms with Crippen LogP contribution in [0.4, 0.5) is 0 Å². The van der Waals surface area contributed by atoms with E-state index < -0.39 is 45.1 Å². The number of phosphoric acid groups is 1. The van der Waals surface area contributed by atoms with Crippen molar-refractivity contribution in [2.45, 2.75) is 56.9 Å². The number of aliphatic hydroxyl groups excluding tert-OH is 4. The number of quaternary nitrogens is 1. The van der Waals surface area contributed by atoms with Crippen LogP contribution in [0.15, 0.2) is 0 Å². The molecule has 1 aliphatic rings. The number of nitrogens with zero attached hydrogens (tertiary/aromatic N) is 1. The van der Waals surface area contributed by atoms with E-state index in [1.807, 2.05) is 21.0 Å². The molecule has 2 amide bonds. The van der Waals surface area contributed by atoms with Gasteiger partial charge in [-0.25, -0.2) is 4.57 Å². The van der Waals surface area contributed by atoms with Gasteiger partial charge >= 0.3 is 7.82 Å². The summed E-state index contributed by atoms with van der Waals surface area (Å²) in [6, 6.07) is 0. The van der Waals surface area contributed by atoms with Gasteiger partial charge in [-0.3, -0.25) is 18.6 Å². The number of rotatable bonds is 18. The molecular formula is C21H43N3O12P+. The summed E-state index contributed by atoms with van der Waals surface area (Å²) in [7, 11) is -0.297. The summed E-state index contributed by atoms with van der Waals surface area (Å²) >= 11 is 0. The van der Waals surface area contributed by atoms with Crippen LogP contribution in [0, 0.1) is 0 Å². The van der Waals surface area contributed by atoms with E-state index in [-0.39, 0.29) is 51.0 Å². The number of likely N-dealkylation sites (N-methyl/N-ethyl adjacent to an activating group) is 1. The molecule has 1 aliphatic heterocycles. The molecule has 1 rings (SSSR count). The zero-order chi connectivity index (χ0) is 28.1. The van der Waals surface area contributed by atoms with Crippen molar-refractivity contribution in [2.24, 2.45) is 0 Å². The number of amides is 2. The fraction of sp³-hybridized carbons (Fsp3) is 0.905. The van der Waals surface area contributed by atoms with Crippen molar-refractivity contribution in [2.75, 3.05) is 66.7 Å². The van der Waals surface area contributed by atoms with Gasteiger partial charge < -0.3 is 49.9 Å². The second-order valence-corrected chi connectivity index (χ2v) is 10.7. The van der Waals surface area contributed by atoms with Gasteiger partial charge in [0.25, 0.3) is 0 Å². The molecule has 6 atom stereocenters. The van der Waals surface area contributed by atoms with Crippen LogP contribution in [0.1, 0.15) is 26.2 Å². The molecule has 1 heterocycles. The topological polar surface area (TPSA) is 213 Å². The van der Waals surface area contributed by atoms with E-state index in [9.17, 15) is 34.4 Å². The molecule has 0 aromatic rings. The molecule has 1 saturated heterocycles. The molecular weight excluding hydrogens is 517 g/mol. The Kier molecular flexibility index (Phi) is 15.2. The SMILES string of the molecule is CCCOP(=O)(O)OCC[N+](C)(C)CCNC(=O)CCC(=O)NCCO[C@H]1O[C@H](CO)[C@@H](O)[C@H](O)[C@@H]1O. The summed E-state index contributed by atoms with van der Waals surface area (Å²) in [6.07, 6.45) is -6.41. The Morgan fingerprint density at radius 2 is 1.51 bits per heavy atom. The number of aliphatic hydroxyl groups is 4. The summed E-state index contributed by atoms with van der Waals surface area (Å²) in [5.41, 5.74) is 0. The van der Waals surface area contributed by atoms with E-state index in [1.54, 1.807) is 0 Å². The first-order valence-corrected chi connectivity index (χ1v) is 13.7. The average Bonchev–Trinajstić information content (AvgIpc) is 2.83. The number of hydrogen-bond donors (Lipinski definition) is 7. The zero-order valence-electron chi connectivity index (χ0n) is 21.7. The Labute approximate surface area is 216 Å². The maximum Gasteiger partial charge on any atom is 0.472 e. The van der Waals surface area contributed by atoms with Crippen LogP contribution in [0.3, 0.4) is 0 Å². The molecule has 15 nitrogen and oxygen atoms in total. The Hall–Kier alpha value is -1.23. The standard InChI is InChI=1S/C21H42N3O12P/c1-4-11-34-37(31,32)35-13-10-24(2,3)9-7-22-16(26)5-6-17(27)23-8-12-33-21-20(30)19(29)18(28)15(14-25)36-21/h15,18-21,25,28-30H,4-14H2,1-3H3,(H2-,22,23,26,27,31,32)/p+1/t15-,18-,19+,20+,21+/m1/s1. The van der Waals surface area contributed by atoms with Crippen molar-refractivity contribution in [3.63, 3.8) is 0 Å². The first-order chi connectivity index (χ1) is 17.3. The van der Waals surface area contributed by atoms with E-state index in [2.05, 4.69) is 10.6 Å². The minimum atomic E-state index is -4.06. The molecule has 0 radical (unpaired) electrons. The van der Waals surface area contributed by atoms with Gasteiger partial charge in [0.15, 0.2) is 6.29 Å². The maximum atomic E-state index is 12.0. The molecule has 0 bridgehead atoms. The molecule has 1 fully saturated rings. The first-order valence-electron chi connectivity index (χ1n) is 12.2.